The Hall–Kier alpha value is -1.04. The number of nitriles is 1. The van der Waals surface area contributed by atoms with Crippen molar-refractivity contribution in [1.82, 2.24) is 4.90 Å². The number of hydrogen-bond acceptors (Lipinski definition) is 2. The molecule has 0 heterocycles. The van der Waals surface area contributed by atoms with Crippen LogP contribution < -0.4 is 0 Å². The molecule has 0 aliphatic heterocycles. The first-order valence-corrected chi connectivity index (χ1v) is 6.26. The zero-order chi connectivity index (χ0) is 11.7. The molecule has 4 atom stereocenters. The third-order valence-electron chi connectivity index (χ3n) is 4.33. The van der Waals surface area contributed by atoms with Crippen molar-refractivity contribution in [2.45, 2.75) is 32.6 Å². The quantitative estimate of drug-likeness (QED) is 0.730. The van der Waals surface area contributed by atoms with Crippen LogP contribution in [0, 0.1) is 35.0 Å². The number of carbonyl (C=O) groups is 1. The predicted octanol–water partition coefficient (Wildman–Crippen LogP) is 2.04. The van der Waals surface area contributed by atoms with Crippen molar-refractivity contribution in [3.63, 3.8) is 0 Å². The van der Waals surface area contributed by atoms with Crippen molar-refractivity contribution in [1.29, 1.82) is 5.26 Å². The van der Waals surface area contributed by atoms with Gasteiger partial charge < -0.3 is 4.90 Å². The zero-order valence-electron chi connectivity index (χ0n) is 10.1. The van der Waals surface area contributed by atoms with Crippen LogP contribution in [-0.4, -0.2) is 24.4 Å². The summed E-state index contributed by atoms with van der Waals surface area (Å²) in [4.78, 5) is 13.5. The average Bonchev–Trinajstić information content (AvgIpc) is 2.88. The third kappa shape index (κ3) is 2.07. The Morgan fingerprint density at radius 3 is 2.75 bits per heavy atom. The number of carbonyl (C=O) groups excluding carboxylic acids is 1. The van der Waals surface area contributed by atoms with Gasteiger partial charge in [-0.1, -0.05) is 6.42 Å². The van der Waals surface area contributed by atoms with Crippen molar-refractivity contribution >= 4 is 5.91 Å². The van der Waals surface area contributed by atoms with Crippen LogP contribution in [0.3, 0.4) is 0 Å². The van der Waals surface area contributed by atoms with Crippen molar-refractivity contribution < 1.29 is 4.79 Å². The van der Waals surface area contributed by atoms with E-state index in [2.05, 4.69) is 0 Å². The van der Waals surface area contributed by atoms with E-state index in [1.165, 1.54) is 25.7 Å². The van der Waals surface area contributed by atoms with Gasteiger partial charge in [0.2, 0.25) is 5.91 Å². The molecule has 1 amide bonds. The summed E-state index contributed by atoms with van der Waals surface area (Å²) < 4.78 is 0. The normalized spacial score (nSPS) is 33.4. The Kier molecular flexibility index (Phi) is 3.18. The van der Waals surface area contributed by atoms with Crippen molar-refractivity contribution in [2.75, 3.05) is 13.6 Å². The molecule has 0 saturated heterocycles. The molecular weight excluding hydrogens is 200 g/mol. The van der Waals surface area contributed by atoms with Crippen molar-refractivity contribution in [3.05, 3.63) is 0 Å². The van der Waals surface area contributed by atoms with E-state index in [0.717, 1.165) is 18.4 Å². The molecule has 3 heteroatoms. The molecule has 0 radical (unpaired) electrons. The highest BCUT2D eigenvalue weighted by Crippen LogP contribution is 2.48. The second-order valence-corrected chi connectivity index (χ2v) is 5.50. The molecule has 2 aliphatic rings. The number of amides is 1. The molecule has 0 aromatic rings. The van der Waals surface area contributed by atoms with Crippen molar-refractivity contribution in [2.24, 2.45) is 23.7 Å². The smallest absolute Gasteiger partial charge is 0.239 e. The minimum Gasteiger partial charge on any atom is -0.344 e. The summed E-state index contributed by atoms with van der Waals surface area (Å²) in [6.45, 7) is 2.53. The summed E-state index contributed by atoms with van der Waals surface area (Å²) in [6.07, 6.45) is 5.42. The van der Waals surface area contributed by atoms with E-state index in [1.807, 2.05) is 13.1 Å². The first-order chi connectivity index (χ1) is 7.61. The van der Waals surface area contributed by atoms with Gasteiger partial charge in [0.05, 0.1) is 6.07 Å². The lowest BCUT2D eigenvalue weighted by atomic mass is 9.88. The summed E-state index contributed by atoms with van der Waals surface area (Å²) in [5.74, 6) is 1.94. The molecule has 88 valence electrons. The molecule has 2 aliphatic carbocycles. The van der Waals surface area contributed by atoms with E-state index in [4.69, 9.17) is 5.26 Å². The number of hydrogen-bond donors (Lipinski definition) is 0. The largest absolute Gasteiger partial charge is 0.344 e. The minimum absolute atomic E-state index is 0.0229. The molecule has 0 aromatic heterocycles. The van der Waals surface area contributed by atoms with E-state index in [9.17, 15) is 4.79 Å². The highest BCUT2D eigenvalue weighted by Gasteiger charge is 2.40. The first-order valence-electron chi connectivity index (χ1n) is 6.26. The average molecular weight is 220 g/mol. The lowest BCUT2D eigenvalue weighted by molar-refractivity contribution is -0.132. The van der Waals surface area contributed by atoms with E-state index < -0.39 is 5.92 Å². The van der Waals surface area contributed by atoms with Gasteiger partial charge in [-0.15, -0.1) is 0 Å². The van der Waals surface area contributed by atoms with E-state index >= 15 is 0 Å². The molecular formula is C13H20N2O. The van der Waals surface area contributed by atoms with Crippen LogP contribution in [0.2, 0.25) is 0 Å². The summed E-state index contributed by atoms with van der Waals surface area (Å²) in [7, 11) is 1.84. The van der Waals surface area contributed by atoms with Gasteiger partial charge in [-0.25, -0.2) is 0 Å². The Labute approximate surface area is 97.4 Å². The van der Waals surface area contributed by atoms with Crippen LogP contribution in [0.1, 0.15) is 32.6 Å². The van der Waals surface area contributed by atoms with E-state index in [1.54, 1.807) is 11.8 Å². The fourth-order valence-corrected chi connectivity index (χ4v) is 3.43. The predicted molar refractivity (Wildman–Crippen MR) is 61.4 cm³/mol. The zero-order valence-corrected chi connectivity index (χ0v) is 10.1. The fourth-order valence-electron chi connectivity index (χ4n) is 3.43. The topological polar surface area (TPSA) is 44.1 Å². The molecule has 3 nitrogen and oxygen atoms in total. The first kappa shape index (κ1) is 11.4. The van der Waals surface area contributed by atoms with Crippen LogP contribution in [0.15, 0.2) is 0 Å². The Bertz CT molecular complexity index is 320. The molecule has 4 unspecified atom stereocenters. The molecule has 16 heavy (non-hydrogen) atoms. The summed E-state index contributed by atoms with van der Waals surface area (Å²) in [5.41, 5.74) is 0. The summed E-state index contributed by atoms with van der Waals surface area (Å²) in [5, 5.41) is 8.72. The van der Waals surface area contributed by atoms with Gasteiger partial charge in [0.25, 0.3) is 0 Å². The van der Waals surface area contributed by atoms with Crippen LogP contribution in [-0.2, 0) is 4.79 Å². The molecule has 0 spiro atoms. The molecule has 2 bridgehead atoms. The molecule has 2 saturated carbocycles. The monoisotopic (exact) mass is 220 g/mol. The van der Waals surface area contributed by atoms with Gasteiger partial charge >= 0.3 is 0 Å². The number of rotatable bonds is 3. The molecule has 2 fully saturated rings. The van der Waals surface area contributed by atoms with Crippen LogP contribution in [0.5, 0.6) is 0 Å². The maximum atomic E-state index is 11.8. The van der Waals surface area contributed by atoms with Gasteiger partial charge in [0.1, 0.15) is 5.92 Å². The minimum atomic E-state index is -0.497. The van der Waals surface area contributed by atoms with Crippen molar-refractivity contribution in [3.8, 4) is 6.07 Å². The maximum absolute atomic E-state index is 11.8. The molecule has 0 aromatic carbocycles. The summed E-state index contributed by atoms with van der Waals surface area (Å²) in [6, 6.07) is 2.01. The Balaban J connectivity index is 1.86. The van der Waals surface area contributed by atoms with Crippen LogP contribution in [0.4, 0.5) is 0 Å². The third-order valence-corrected chi connectivity index (χ3v) is 4.33. The van der Waals surface area contributed by atoms with Gasteiger partial charge in [-0.3, -0.25) is 4.79 Å². The standard InChI is InChI=1S/C13H20N2O/c1-9(7-14)13(16)15(2)8-12-6-10-3-4-11(12)5-10/h9-12H,3-6,8H2,1-2H3. The van der Waals surface area contributed by atoms with Gasteiger partial charge in [-0.05, 0) is 43.9 Å². The highest BCUT2D eigenvalue weighted by molar-refractivity contribution is 5.80. The lowest BCUT2D eigenvalue weighted by Crippen LogP contribution is -2.36. The van der Waals surface area contributed by atoms with E-state index in [0.29, 0.717) is 5.92 Å². The maximum Gasteiger partial charge on any atom is 0.239 e. The second kappa shape index (κ2) is 4.45. The van der Waals surface area contributed by atoms with Crippen LogP contribution in [0.25, 0.3) is 0 Å². The number of nitrogens with zero attached hydrogens (tertiary/aromatic N) is 2. The summed E-state index contributed by atoms with van der Waals surface area (Å²) >= 11 is 0. The molecule has 0 N–H and O–H groups in total. The Morgan fingerprint density at radius 2 is 2.25 bits per heavy atom. The lowest BCUT2D eigenvalue weighted by Gasteiger charge is -2.27. The van der Waals surface area contributed by atoms with E-state index in [-0.39, 0.29) is 5.91 Å². The highest BCUT2D eigenvalue weighted by atomic mass is 16.2. The van der Waals surface area contributed by atoms with Gasteiger partial charge in [0, 0.05) is 13.6 Å². The second-order valence-electron chi connectivity index (χ2n) is 5.50. The van der Waals surface area contributed by atoms with Crippen LogP contribution >= 0.6 is 0 Å². The van der Waals surface area contributed by atoms with Gasteiger partial charge in [-0.2, -0.15) is 5.26 Å². The SMILES string of the molecule is CC(C#N)C(=O)N(C)CC1CC2CCC1C2. The molecule has 2 rings (SSSR count). The van der Waals surface area contributed by atoms with Gasteiger partial charge in [0.15, 0.2) is 0 Å². The fraction of sp³-hybridized carbons (Fsp3) is 0.846. The number of fused-ring (bicyclic) bond motifs is 2. The Morgan fingerprint density at radius 1 is 1.50 bits per heavy atom.